The lowest BCUT2D eigenvalue weighted by Gasteiger charge is -2.36. The molecule has 4 nitrogen and oxygen atoms in total. The van der Waals surface area contributed by atoms with Crippen molar-refractivity contribution in [3.8, 4) is 0 Å². The van der Waals surface area contributed by atoms with Gasteiger partial charge in [0.25, 0.3) is 0 Å². The molecule has 1 aliphatic rings. The largest absolute Gasteiger partial charge is 0.351 e. The Hall–Kier alpha value is -1.94. The van der Waals surface area contributed by atoms with Gasteiger partial charge in [0, 0.05) is 37.1 Å². The fourth-order valence-electron chi connectivity index (χ4n) is 3.07. The zero-order valence-corrected chi connectivity index (χ0v) is 13.4. The summed E-state index contributed by atoms with van der Waals surface area (Å²) in [6, 6.07) is 13.6. The third-order valence-electron chi connectivity index (χ3n) is 4.49. The van der Waals surface area contributed by atoms with E-state index in [-0.39, 0.29) is 0 Å². The maximum absolute atomic E-state index is 4.43. The molecule has 0 radical (unpaired) electrons. The summed E-state index contributed by atoms with van der Waals surface area (Å²) in [5, 5.41) is 3.47. The zero-order valence-electron chi connectivity index (χ0n) is 13.4. The van der Waals surface area contributed by atoms with Gasteiger partial charge < -0.3 is 5.32 Å². The van der Waals surface area contributed by atoms with Gasteiger partial charge in [0.1, 0.15) is 0 Å². The van der Waals surface area contributed by atoms with Crippen molar-refractivity contribution in [2.45, 2.75) is 38.8 Å². The van der Waals surface area contributed by atoms with Crippen LogP contribution < -0.4 is 5.32 Å². The number of hydrogen-bond acceptors (Lipinski definition) is 4. The number of piperidine rings is 1. The zero-order chi connectivity index (χ0) is 15.4. The Morgan fingerprint density at radius 3 is 2.55 bits per heavy atom. The van der Waals surface area contributed by atoms with Crippen molar-refractivity contribution in [3.63, 3.8) is 0 Å². The molecule has 0 aliphatic carbocycles. The first-order chi connectivity index (χ1) is 10.7. The molecular weight excluding hydrogens is 272 g/mol. The summed E-state index contributed by atoms with van der Waals surface area (Å²) < 4.78 is 0. The van der Waals surface area contributed by atoms with Crippen LogP contribution in [0.2, 0.25) is 0 Å². The molecule has 22 heavy (non-hydrogen) atoms. The van der Waals surface area contributed by atoms with Crippen molar-refractivity contribution in [1.29, 1.82) is 0 Å². The molecule has 1 aromatic carbocycles. The van der Waals surface area contributed by atoms with Gasteiger partial charge in [0.05, 0.1) is 0 Å². The molecule has 3 rings (SSSR count). The van der Waals surface area contributed by atoms with Crippen molar-refractivity contribution in [2.24, 2.45) is 0 Å². The summed E-state index contributed by atoms with van der Waals surface area (Å²) >= 11 is 0. The highest BCUT2D eigenvalue weighted by Gasteiger charge is 2.23. The minimum absolute atomic E-state index is 0.473. The second-order valence-electron chi connectivity index (χ2n) is 6.06. The Kier molecular flexibility index (Phi) is 4.68. The van der Waals surface area contributed by atoms with Crippen LogP contribution in [0.25, 0.3) is 0 Å². The number of aryl methyl sites for hydroxylation is 1. The lowest BCUT2D eigenvalue weighted by molar-refractivity contribution is 0.167. The van der Waals surface area contributed by atoms with E-state index in [1.54, 1.807) is 0 Å². The van der Waals surface area contributed by atoms with Crippen LogP contribution in [0.5, 0.6) is 0 Å². The number of nitrogens with zero attached hydrogens (tertiary/aromatic N) is 3. The van der Waals surface area contributed by atoms with Crippen molar-refractivity contribution >= 4 is 5.95 Å². The van der Waals surface area contributed by atoms with Crippen LogP contribution >= 0.6 is 0 Å². The first kappa shape index (κ1) is 15.0. The highest BCUT2D eigenvalue weighted by molar-refractivity contribution is 5.27. The van der Waals surface area contributed by atoms with Crippen molar-refractivity contribution < 1.29 is 0 Å². The molecule has 1 N–H and O–H groups in total. The van der Waals surface area contributed by atoms with E-state index in [1.807, 2.05) is 19.2 Å². The molecule has 0 amide bonds. The average Bonchev–Trinajstić information content (AvgIpc) is 2.56. The standard InChI is InChI=1S/C18H24N4/c1-14-8-11-19-18(20-14)21-17-9-12-22(13-10-17)15(2)16-6-4-3-5-7-16/h3-8,11,15,17H,9-10,12-13H2,1-2H3,(H,19,20,21). The van der Waals surface area contributed by atoms with E-state index in [4.69, 9.17) is 0 Å². The Labute approximate surface area is 132 Å². The maximum atomic E-state index is 4.43. The van der Waals surface area contributed by atoms with Crippen LogP contribution in [0.4, 0.5) is 5.95 Å². The number of anilines is 1. The lowest BCUT2D eigenvalue weighted by atomic mass is 10.0. The van der Waals surface area contributed by atoms with E-state index < -0.39 is 0 Å². The van der Waals surface area contributed by atoms with Gasteiger partial charge in [0.15, 0.2) is 0 Å². The third kappa shape index (κ3) is 3.63. The average molecular weight is 296 g/mol. The lowest BCUT2D eigenvalue weighted by Crippen LogP contribution is -2.40. The number of benzene rings is 1. The summed E-state index contributed by atoms with van der Waals surface area (Å²) in [6.07, 6.45) is 4.08. The topological polar surface area (TPSA) is 41.1 Å². The Morgan fingerprint density at radius 2 is 1.86 bits per heavy atom. The predicted octanol–water partition coefficient (Wildman–Crippen LogP) is 3.42. The second-order valence-corrected chi connectivity index (χ2v) is 6.06. The molecule has 1 aliphatic heterocycles. The molecule has 1 aromatic heterocycles. The highest BCUT2D eigenvalue weighted by Crippen LogP contribution is 2.24. The first-order valence-corrected chi connectivity index (χ1v) is 8.07. The van der Waals surface area contributed by atoms with E-state index in [0.29, 0.717) is 12.1 Å². The van der Waals surface area contributed by atoms with Crippen LogP contribution in [0.3, 0.4) is 0 Å². The van der Waals surface area contributed by atoms with Crippen LogP contribution in [0.15, 0.2) is 42.6 Å². The predicted molar refractivity (Wildman–Crippen MR) is 89.8 cm³/mol. The van der Waals surface area contributed by atoms with Gasteiger partial charge in [-0.1, -0.05) is 30.3 Å². The molecule has 1 atom stereocenters. The summed E-state index contributed by atoms with van der Waals surface area (Å²) in [5.41, 5.74) is 2.41. The second kappa shape index (κ2) is 6.88. The van der Waals surface area contributed by atoms with Gasteiger partial charge in [-0.2, -0.15) is 0 Å². The van der Waals surface area contributed by atoms with E-state index in [9.17, 15) is 0 Å². The Morgan fingerprint density at radius 1 is 1.14 bits per heavy atom. The van der Waals surface area contributed by atoms with E-state index in [0.717, 1.165) is 37.6 Å². The fourth-order valence-corrected chi connectivity index (χ4v) is 3.07. The normalized spacial score (nSPS) is 18.1. The number of hydrogen-bond donors (Lipinski definition) is 1. The number of aromatic nitrogens is 2. The molecule has 4 heteroatoms. The molecule has 0 spiro atoms. The Bertz CT molecular complexity index is 591. The van der Waals surface area contributed by atoms with Crippen molar-refractivity contribution in [3.05, 3.63) is 53.9 Å². The summed E-state index contributed by atoms with van der Waals surface area (Å²) in [5.74, 6) is 0.759. The number of nitrogens with one attached hydrogen (secondary N) is 1. The molecular formula is C18H24N4. The molecule has 1 saturated heterocycles. The highest BCUT2D eigenvalue weighted by atomic mass is 15.2. The monoisotopic (exact) mass is 296 g/mol. The first-order valence-electron chi connectivity index (χ1n) is 8.07. The fraction of sp³-hybridized carbons (Fsp3) is 0.444. The molecule has 2 heterocycles. The van der Waals surface area contributed by atoms with Gasteiger partial charge in [-0.3, -0.25) is 4.90 Å². The van der Waals surface area contributed by atoms with Crippen molar-refractivity contribution in [2.75, 3.05) is 18.4 Å². The minimum atomic E-state index is 0.473. The quantitative estimate of drug-likeness (QED) is 0.938. The van der Waals surface area contributed by atoms with Crippen LogP contribution in [0, 0.1) is 6.92 Å². The molecule has 2 aromatic rings. The molecule has 1 fully saturated rings. The summed E-state index contributed by atoms with van der Waals surface area (Å²) in [7, 11) is 0. The number of likely N-dealkylation sites (tertiary alicyclic amines) is 1. The van der Waals surface area contributed by atoms with Gasteiger partial charge in [-0.25, -0.2) is 9.97 Å². The van der Waals surface area contributed by atoms with E-state index >= 15 is 0 Å². The number of rotatable bonds is 4. The van der Waals surface area contributed by atoms with E-state index in [2.05, 4.69) is 57.4 Å². The van der Waals surface area contributed by atoms with Gasteiger partial charge >= 0.3 is 0 Å². The molecule has 0 saturated carbocycles. The Balaban J connectivity index is 1.54. The summed E-state index contributed by atoms with van der Waals surface area (Å²) in [4.78, 5) is 11.3. The van der Waals surface area contributed by atoms with Crippen LogP contribution in [-0.2, 0) is 0 Å². The minimum Gasteiger partial charge on any atom is -0.351 e. The van der Waals surface area contributed by atoms with Gasteiger partial charge in [-0.15, -0.1) is 0 Å². The maximum Gasteiger partial charge on any atom is 0.223 e. The van der Waals surface area contributed by atoms with E-state index in [1.165, 1.54) is 5.56 Å². The van der Waals surface area contributed by atoms with Crippen molar-refractivity contribution in [1.82, 2.24) is 14.9 Å². The van der Waals surface area contributed by atoms with Gasteiger partial charge in [-0.05, 0) is 38.3 Å². The summed E-state index contributed by atoms with van der Waals surface area (Å²) in [6.45, 7) is 6.52. The van der Waals surface area contributed by atoms with Crippen LogP contribution in [-0.4, -0.2) is 34.0 Å². The molecule has 0 bridgehead atoms. The van der Waals surface area contributed by atoms with Gasteiger partial charge in [0.2, 0.25) is 5.95 Å². The van der Waals surface area contributed by atoms with Crippen LogP contribution in [0.1, 0.15) is 37.1 Å². The molecule has 116 valence electrons. The SMILES string of the molecule is Cc1ccnc(NC2CCN(C(C)c3ccccc3)CC2)n1. The smallest absolute Gasteiger partial charge is 0.223 e. The molecule has 1 unspecified atom stereocenters. The third-order valence-corrected chi connectivity index (χ3v) is 4.49.